The molecule has 0 atom stereocenters. The van der Waals surface area contributed by atoms with Crippen LogP contribution in [0.3, 0.4) is 0 Å². The summed E-state index contributed by atoms with van der Waals surface area (Å²) in [7, 11) is 3.52. The number of nitrogens with zero attached hydrogens (tertiary/aromatic N) is 1. The Hall–Kier alpha value is -2.83. The zero-order chi connectivity index (χ0) is 19.0. The number of aliphatic hydroxyl groups excluding tert-OH is 1. The predicted molar refractivity (Wildman–Crippen MR) is 108 cm³/mol. The number of aryl methyl sites for hydroxylation is 1. The molecule has 0 unspecified atom stereocenters. The maximum Gasteiger partial charge on any atom is 0.242 e. The van der Waals surface area contributed by atoms with Gasteiger partial charge in [0.05, 0.1) is 30.3 Å². The highest BCUT2D eigenvalue weighted by Crippen LogP contribution is 2.31. The second kappa shape index (κ2) is 7.06. The van der Waals surface area contributed by atoms with E-state index in [1.165, 1.54) is 11.3 Å². The average molecular weight is 381 g/mol. The molecule has 0 amide bonds. The fourth-order valence-corrected chi connectivity index (χ4v) is 4.35. The molecule has 138 valence electrons. The van der Waals surface area contributed by atoms with Crippen LogP contribution < -0.4 is 14.2 Å². The monoisotopic (exact) mass is 381 g/mol. The highest BCUT2D eigenvalue weighted by atomic mass is 32.1. The summed E-state index contributed by atoms with van der Waals surface area (Å²) in [5.74, 6) is 1.45. The van der Waals surface area contributed by atoms with Crippen molar-refractivity contribution in [2.45, 2.75) is 13.2 Å². The van der Waals surface area contributed by atoms with Gasteiger partial charge in [0, 0.05) is 22.7 Å². The van der Waals surface area contributed by atoms with E-state index in [-0.39, 0.29) is 18.0 Å². The summed E-state index contributed by atoms with van der Waals surface area (Å²) in [6.45, 7) is 0.0464. The minimum Gasteiger partial charge on any atom is -0.497 e. The Labute approximate surface area is 160 Å². The Morgan fingerprint density at radius 3 is 2.48 bits per heavy atom. The molecule has 27 heavy (non-hydrogen) atoms. The Kier molecular flexibility index (Phi) is 4.59. The number of rotatable bonds is 5. The predicted octanol–water partition coefficient (Wildman–Crippen LogP) is 3.83. The number of hydrogen-bond donors (Lipinski definition) is 1. The molecule has 0 aliphatic carbocycles. The molecule has 5 nitrogen and oxygen atoms in total. The number of aliphatic hydroxyl groups is 1. The lowest BCUT2D eigenvalue weighted by Crippen LogP contribution is -2.05. The van der Waals surface area contributed by atoms with Crippen LogP contribution >= 0.6 is 11.3 Å². The molecule has 0 bridgehead atoms. The van der Waals surface area contributed by atoms with Gasteiger partial charge < -0.3 is 19.1 Å². The van der Waals surface area contributed by atoms with E-state index in [1.807, 2.05) is 60.1 Å². The largest absolute Gasteiger partial charge is 0.497 e. The van der Waals surface area contributed by atoms with Gasteiger partial charge in [-0.2, -0.15) is 0 Å². The molecule has 2 aromatic carbocycles. The van der Waals surface area contributed by atoms with Crippen LogP contribution in [-0.4, -0.2) is 16.8 Å². The molecule has 6 heteroatoms. The second-order valence-corrected chi connectivity index (χ2v) is 7.23. The maximum atomic E-state index is 12.7. The number of aromatic nitrogens is 1. The third-order valence-electron chi connectivity index (χ3n) is 4.77. The first kappa shape index (κ1) is 17.6. The molecular weight excluding hydrogens is 362 g/mol. The van der Waals surface area contributed by atoms with Gasteiger partial charge in [-0.25, -0.2) is 0 Å². The van der Waals surface area contributed by atoms with Crippen LogP contribution in [0.4, 0.5) is 0 Å². The Balaban J connectivity index is 1.82. The normalized spacial score (nSPS) is 11.2. The van der Waals surface area contributed by atoms with Crippen LogP contribution in [0.25, 0.3) is 21.0 Å². The lowest BCUT2D eigenvalue weighted by Gasteiger charge is -2.10. The van der Waals surface area contributed by atoms with Gasteiger partial charge in [0.15, 0.2) is 0 Å². The fourth-order valence-electron chi connectivity index (χ4n) is 3.41. The number of ether oxygens (including phenoxy) is 2. The van der Waals surface area contributed by atoms with Gasteiger partial charge in [-0.15, -0.1) is 0 Å². The minimum absolute atomic E-state index is 0.0425. The van der Waals surface area contributed by atoms with E-state index in [0.29, 0.717) is 16.7 Å². The van der Waals surface area contributed by atoms with E-state index in [0.717, 1.165) is 27.0 Å². The molecule has 0 aliphatic rings. The Morgan fingerprint density at radius 1 is 1.07 bits per heavy atom. The zero-order valence-corrected chi connectivity index (χ0v) is 15.9. The van der Waals surface area contributed by atoms with E-state index in [1.54, 1.807) is 7.11 Å². The SMILES string of the molecule is COc1ccc(OCc2c(CO)c3c(=O)sc4ccccc4c3n2C)cc1. The van der Waals surface area contributed by atoms with Crippen LogP contribution in [0, 0.1) is 0 Å². The average Bonchev–Trinajstić information content (AvgIpc) is 2.99. The van der Waals surface area contributed by atoms with Crippen LogP contribution in [0.5, 0.6) is 11.5 Å². The number of methoxy groups -OCH3 is 1. The molecule has 0 spiro atoms. The van der Waals surface area contributed by atoms with Crippen molar-refractivity contribution in [3.63, 3.8) is 0 Å². The minimum atomic E-state index is -0.209. The standard InChI is InChI=1S/C21H19NO4S/c1-22-17(12-26-14-9-7-13(25-2)8-10-14)16(11-23)19-20(22)15-5-3-4-6-18(15)27-21(19)24/h3-10,23H,11-12H2,1-2H3. The highest BCUT2D eigenvalue weighted by molar-refractivity contribution is 7.17. The van der Waals surface area contributed by atoms with Crippen molar-refractivity contribution < 1.29 is 14.6 Å². The molecule has 2 aromatic heterocycles. The van der Waals surface area contributed by atoms with Crippen molar-refractivity contribution in [3.8, 4) is 11.5 Å². The Bertz CT molecular complexity index is 1170. The van der Waals surface area contributed by atoms with Crippen molar-refractivity contribution in [1.82, 2.24) is 4.57 Å². The molecule has 0 radical (unpaired) electrons. The van der Waals surface area contributed by atoms with Crippen LogP contribution in [-0.2, 0) is 20.3 Å². The first-order valence-corrected chi connectivity index (χ1v) is 9.35. The van der Waals surface area contributed by atoms with Gasteiger partial charge in [0.25, 0.3) is 0 Å². The van der Waals surface area contributed by atoms with Crippen molar-refractivity contribution in [2.24, 2.45) is 7.05 Å². The summed E-state index contributed by atoms with van der Waals surface area (Å²) in [5, 5.41) is 11.6. The zero-order valence-electron chi connectivity index (χ0n) is 15.1. The van der Waals surface area contributed by atoms with Gasteiger partial charge in [0.2, 0.25) is 4.74 Å². The van der Waals surface area contributed by atoms with Gasteiger partial charge in [-0.05, 0) is 30.3 Å². The lowest BCUT2D eigenvalue weighted by molar-refractivity contribution is 0.267. The summed E-state index contributed by atoms with van der Waals surface area (Å²) in [4.78, 5) is 12.7. The van der Waals surface area contributed by atoms with Crippen molar-refractivity contribution in [1.29, 1.82) is 0 Å². The second-order valence-electron chi connectivity index (χ2n) is 6.22. The number of benzene rings is 2. The summed E-state index contributed by atoms with van der Waals surface area (Å²) < 4.78 is 13.9. The summed E-state index contributed by atoms with van der Waals surface area (Å²) in [6.07, 6.45) is 0. The third-order valence-corrected chi connectivity index (χ3v) is 5.73. The Morgan fingerprint density at radius 2 is 1.78 bits per heavy atom. The molecule has 0 aliphatic heterocycles. The molecular formula is C21H19NO4S. The molecule has 4 rings (SSSR count). The summed E-state index contributed by atoms with van der Waals surface area (Å²) in [6, 6.07) is 15.1. The van der Waals surface area contributed by atoms with Crippen molar-refractivity contribution >= 4 is 32.3 Å². The first-order chi connectivity index (χ1) is 13.1. The smallest absolute Gasteiger partial charge is 0.242 e. The molecule has 4 aromatic rings. The van der Waals surface area contributed by atoms with E-state index in [2.05, 4.69) is 0 Å². The molecule has 0 saturated heterocycles. The lowest BCUT2D eigenvalue weighted by atomic mass is 10.1. The van der Waals surface area contributed by atoms with Crippen molar-refractivity contribution in [3.05, 3.63) is 69.3 Å². The summed E-state index contributed by atoms with van der Waals surface area (Å²) in [5.41, 5.74) is 2.27. The van der Waals surface area contributed by atoms with Gasteiger partial charge in [-0.1, -0.05) is 29.5 Å². The summed E-state index contributed by atoms with van der Waals surface area (Å²) >= 11 is 1.21. The van der Waals surface area contributed by atoms with Gasteiger partial charge >= 0.3 is 0 Å². The topological polar surface area (TPSA) is 60.7 Å². The third kappa shape index (κ3) is 2.97. The highest BCUT2D eigenvalue weighted by Gasteiger charge is 2.20. The van der Waals surface area contributed by atoms with Crippen LogP contribution in [0.15, 0.2) is 53.3 Å². The molecule has 0 saturated carbocycles. The fraction of sp³-hybridized carbons (Fsp3) is 0.190. The first-order valence-electron chi connectivity index (χ1n) is 8.53. The van der Waals surface area contributed by atoms with E-state index in [9.17, 15) is 9.90 Å². The van der Waals surface area contributed by atoms with Crippen LogP contribution in [0.1, 0.15) is 11.3 Å². The molecule has 2 heterocycles. The van der Waals surface area contributed by atoms with E-state index < -0.39 is 0 Å². The quantitative estimate of drug-likeness (QED) is 0.571. The maximum absolute atomic E-state index is 12.7. The van der Waals surface area contributed by atoms with Crippen LogP contribution in [0.2, 0.25) is 0 Å². The number of fused-ring (bicyclic) bond motifs is 3. The van der Waals surface area contributed by atoms with Gasteiger partial charge in [0.1, 0.15) is 18.1 Å². The van der Waals surface area contributed by atoms with E-state index in [4.69, 9.17) is 9.47 Å². The van der Waals surface area contributed by atoms with E-state index >= 15 is 0 Å². The van der Waals surface area contributed by atoms with Gasteiger partial charge in [-0.3, -0.25) is 4.79 Å². The molecule has 0 fully saturated rings. The molecule has 1 N–H and O–H groups in total. The number of hydrogen-bond acceptors (Lipinski definition) is 5. The van der Waals surface area contributed by atoms with Crippen molar-refractivity contribution in [2.75, 3.05) is 7.11 Å².